The van der Waals surface area contributed by atoms with Gasteiger partial charge >= 0.3 is 0 Å². The highest BCUT2D eigenvalue weighted by molar-refractivity contribution is 5.10. The first-order valence-corrected chi connectivity index (χ1v) is 3.79. The summed E-state index contributed by atoms with van der Waals surface area (Å²) in [7, 11) is 0. The monoisotopic (exact) mass is 132 g/mol. The van der Waals surface area contributed by atoms with Crippen LogP contribution in [0, 0.1) is 6.07 Å². The Hall–Kier alpha value is -0.850. The predicted octanol–water partition coefficient (Wildman–Crippen LogP) is 2.15. The molecule has 1 radical (unpaired) electrons. The largest absolute Gasteiger partial charge is 0.261 e. The second kappa shape index (κ2) is 2.41. The van der Waals surface area contributed by atoms with Crippen LogP contribution in [0.3, 0.4) is 0 Å². The lowest BCUT2D eigenvalue weighted by Gasteiger charge is -2.24. The summed E-state index contributed by atoms with van der Waals surface area (Å²) in [6.45, 7) is 0. The molecule has 0 N–H and O–H groups in total. The molecule has 1 aromatic heterocycles. The molecule has 51 valence electrons. The van der Waals surface area contributed by atoms with Crippen molar-refractivity contribution in [3.05, 3.63) is 30.1 Å². The molecular formula is C9H10N. The van der Waals surface area contributed by atoms with E-state index in [1.165, 1.54) is 25.0 Å². The molecule has 1 nitrogen and oxygen atoms in total. The number of aromatic nitrogens is 1. The van der Waals surface area contributed by atoms with E-state index in [1.54, 1.807) is 0 Å². The minimum atomic E-state index is 0.748. The first-order valence-electron chi connectivity index (χ1n) is 3.79. The molecule has 0 aromatic carbocycles. The Labute approximate surface area is 61.1 Å². The van der Waals surface area contributed by atoms with E-state index in [4.69, 9.17) is 0 Å². The van der Waals surface area contributed by atoms with Gasteiger partial charge in [-0.2, -0.15) is 0 Å². The van der Waals surface area contributed by atoms with Crippen molar-refractivity contribution in [2.45, 2.75) is 25.2 Å². The summed E-state index contributed by atoms with van der Waals surface area (Å²) in [4.78, 5) is 4.27. The molecular weight excluding hydrogens is 122 g/mol. The summed E-state index contributed by atoms with van der Waals surface area (Å²) in [5, 5.41) is 0. The Balaban J connectivity index is 2.18. The van der Waals surface area contributed by atoms with E-state index in [9.17, 15) is 0 Å². The smallest absolute Gasteiger partial charge is 0.0440 e. The van der Waals surface area contributed by atoms with Crippen LogP contribution in [0.1, 0.15) is 30.9 Å². The van der Waals surface area contributed by atoms with Crippen LogP contribution in [0.2, 0.25) is 0 Å². The molecule has 0 atom stereocenters. The normalized spacial score (nSPS) is 18.4. The van der Waals surface area contributed by atoms with Crippen LogP contribution >= 0.6 is 0 Å². The van der Waals surface area contributed by atoms with Gasteiger partial charge in [-0.25, -0.2) is 0 Å². The zero-order valence-electron chi connectivity index (χ0n) is 5.88. The third-order valence-electron chi connectivity index (χ3n) is 2.15. The van der Waals surface area contributed by atoms with Gasteiger partial charge in [-0.3, -0.25) is 4.98 Å². The molecule has 10 heavy (non-hydrogen) atoms. The molecule has 0 saturated heterocycles. The van der Waals surface area contributed by atoms with Crippen molar-refractivity contribution in [1.29, 1.82) is 0 Å². The highest BCUT2D eigenvalue weighted by Crippen LogP contribution is 2.34. The summed E-state index contributed by atoms with van der Waals surface area (Å²) in [5.74, 6) is 0.748. The van der Waals surface area contributed by atoms with Crippen molar-refractivity contribution in [2.75, 3.05) is 0 Å². The third kappa shape index (κ3) is 0.919. The topological polar surface area (TPSA) is 12.9 Å². The average Bonchev–Trinajstić information content (AvgIpc) is 1.86. The highest BCUT2D eigenvalue weighted by Gasteiger charge is 2.19. The summed E-state index contributed by atoms with van der Waals surface area (Å²) in [6.07, 6.45) is 5.85. The number of nitrogens with zero attached hydrogens (tertiary/aromatic N) is 1. The van der Waals surface area contributed by atoms with E-state index < -0.39 is 0 Å². The molecule has 1 saturated carbocycles. The molecule has 1 fully saturated rings. The summed E-state index contributed by atoms with van der Waals surface area (Å²) >= 11 is 0. The minimum absolute atomic E-state index is 0.748. The molecule has 0 spiro atoms. The van der Waals surface area contributed by atoms with Crippen molar-refractivity contribution >= 4 is 0 Å². The van der Waals surface area contributed by atoms with E-state index in [0.717, 1.165) is 5.92 Å². The molecule has 0 amide bonds. The Kier molecular flexibility index (Phi) is 1.42. The van der Waals surface area contributed by atoms with E-state index in [0.29, 0.717) is 0 Å². The van der Waals surface area contributed by atoms with Gasteiger partial charge in [-0.1, -0.05) is 6.42 Å². The van der Waals surface area contributed by atoms with Crippen LogP contribution in [-0.2, 0) is 0 Å². The van der Waals surface area contributed by atoms with Gasteiger partial charge in [0.15, 0.2) is 0 Å². The fourth-order valence-electron chi connectivity index (χ4n) is 1.26. The van der Waals surface area contributed by atoms with Crippen molar-refractivity contribution < 1.29 is 0 Å². The molecule has 1 aromatic rings. The quantitative estimate of drug-likeness (QED) is 0.570. The summed E-state index contributed by atoms with van der Waals surface area (Å²) < 4.78 is 0. The number of pyridine rings is 1. The lowest BCUT2D eigenvalue weighted by molar-refractivity contribution is 0.411. The maximum atomic E-state index is 4.27. The average molecular weight is 132 g/mol. The van der Waals surface area contributed by atoms with Crippen LogP contribution in [0.4, 0.5) is 0 Å². The Morgan fingerprint density at radius 1 is 1.50 bits per heavy atom. The van der Waals surface area contributed by atoms with Crippen LogP contribution in [-0.4, -0.2) is 4.98 Å². The third-order valence-corrected chi connectivity index (χ3v) is 2.15. The minimum Gasteiger partial charge on any atom is -0.261 e. The van der Waals surface area contributed by atoms with Gasteiger partial charge in [0.2, 0.25) is 0 Å². The Bertz CT molecular complexity index is 201. The SMILES string of the molecule is [c]1ccnc(C2CCC2)c1. The van der Waals surface area contributed by atoms with Gasteiger partial charge in [0, 0.05) is 17.8 Å². The summed E-state index contributed by atoms with van der Waals surface area (Å²) in [6, 6.07) is 6.90. The van der Waals surface area contributed by atoms with Gasteiger partial charge in [0.25, 0.3) is 0 Å². The van der Waals surface area contributed by atoms with Crippen molar-refractivity contribution in [1.82, 2.24) is 4.98 Å². The van der Waals surface area contributed by atoms with Crippen LogP contribution in [0.5, 0.6) is 0 Å². The zero-order valence-corrected chi connectivity index (χ0v) is 5.88. The van der Waals surface area contributed by atoms with E-state index in [2.05, 4.69) is 11.1 Å². The maximum Gasteiger partial charge on any atom is 0.0440 e. The molecule has 0 aliphatic heterocycles. The second-order valence-electron chi connectivity index (χ2n) is 2.81. The fraction of sp³-hybridized carbons (Fsp3) is 0.444. The van der Waals surface area contributed by atoms with Gasteiger partial charge < -0.3 is 0 Å². The highest BCUT2D eigenvalue weighted by atomic mass is 14.7. The number of hydrogen-bond acceptors (Lipinski definition) is 1. The molecule has 0 unspecified atom stereocenters. The predicted molar refractivity (Wildman–Crippen MR) is 39.7 cm³/mol. The Morgan fingerprint density at radius 2 is 2.40 bits per heavy atom. The Morgan fingerprint density at radius 3 is 2.90 bits per heavy atom. The van der Waals surface area contributed by atoms with Gasteiger partial charge in [0.05, 0.1) is 0 Å². The van der Waals surface area contributed by atoms with Gasteiger partial charge in [0.1, 0.15) is 0 Å². The van der Waals surface area contributed by atoms with Crippen molar-refractivity contribution in [3.63, 3.8) is 0 Å². The van der Waals surface area contributed by atoms with E-state index >= 15 is 0 Å². The standard InChI is InChI=1S/C9H10N/c1-2-7-10-9(6-1)8-4-3-5-8/h2,6-8H,3-5H2. The molecule has 1 aliphatic carbocycles. The number of rotatable bonds is 1. The summed E-state index contributed by atoms with van der Waals surface area (Å²) in [5.41, 5.74) is 1.23. The lowest BCUT2D eigenvalue weighted by Crippen LogP contribution is -2.09. The second-order valence-corrected chi connectivity index (χ2v) is 2.81. The molecule has 2 rings (SSSR count). The zero-order chi connectivity index (χ0) is 6.81. The molecule has 1 heterocycles. The van der Waals surface area contributed by atoms with Gasteiger partial charge in [-0.05, 0) is 31.0 Å². The van der Waals surface area contributed by atoms with Crippen LogP contribution in [0.15, 0.2) is 18.3 Å². The molecule has 1 heteroatoms. The first kappa shape index (κ1) is 5.90. The van der Waals surface area contributed by atoms with Crippen LogP contribution < -0.4 is 0 Å². The van der Waals surface area contributed by atoms with Crippen molar-refractivity contribution in [2.24, 2.45) is 0 Å². The van der Waals surface area contributed by atoms with E-state index in [1.807, 2.05) is 18.3 Å². The maximum absolute atomic E-state index is 4.27. The molecule has 0 bridgehead atoms. The van der Waals surface area contributed by atoms with Crippen LogP contribution in [0.25, 0.3) is 0 Å². The van der Waals surface area contributed by atoms with E-state index in [-0.39, 0.29) is 0 Å². The molecule has 1 aliphatic rings. The van der Waals surface area contributed by atoms with Gasteiger partial charge in [-0.15, -0.1) is 0 Å². The number of hydrogen-bond donors (Lipinski definition) is 0. The fourth-order valence-corrected chi connectivity index (χ4v) is 1.26. The first-order chi connectivity index (χ1) is 4.97. The van der Waals surface area contributed by atoms with Crippen molar-refractivity contribution in [3.8, 4) is 0 Å². The lowest BCUT2D eigenvalue weighted by atomic mass is 9.83.